The molecule has 3 N–H and O–H groups in total. The Morgan fingerprint density at radius 2 is 2.00 bits per heavy atom. The summed E-state index contributed by atoms with van der Waals surface area (Å²) in [5.41, 5.74) is 7.09. The Kier molecular flexibility index (Phi) is 9.93. The molecule has 11 nitrogen and oxygen atoms in total. The van der Waals surface area contributed by atoms with Gasteiger partial charge in [0.05, 0.1) is 18.8 Å². The van der Waals surface area contributed by atoms with Gasteiger partial charge in [-0.3, -0.25) is 10.2 Å². The summed E-state index contributed by atoms with van der Waals surface area (Å²) in [6.07, 6.45) is 7.72. The summed E-state index contributed by atoms with van der Waals surface area (Å²) in [5.74, 6) is -1.00. The topological polar surface area (TPSA) is 145 Å². The Balaban J connectivity index is 1.18. The Morgan fingerprint density at radius 3 is 2.74 bits per heavy atom. The van der Waals surface area contributed by atoms with Crippen LogP contribution in [0.3, 0.4) is 0 Å². The number of halogens is 1. The van der Waals surface area contributed by atoms with Crippen molar-refractivity contribution in [2.24, 2.45) is 10.9 Å². The van der Waals surface area contributed by atoms with E-state index in [1.807, 2.05) is 4.90 Å². The number of esters is 1. The van der Waals surface area contributed by atoms with Crippen LogP contribution in [0.15, 0.2) is 35.7 Å². The summed E-state index contributed by atoms with van der Waals surface area (Å²) in [6.45, 7) is 2.85. The Hall–Kier alpha value is -3.64. The molecule has 4 rings (SSSR count). The quantitative estimate of drug-likeness (QED) is 0.132. The van der Waals surface area contributed by atoms with Crippen LogP contribution < -0.4 is 10.6 Å². The fourth-order valence-corrected chi connectivity index (χ4v) is 3.96. The van der Waals surface area contributed by atoms with Crippen LogP contribution in [0.2, 0.25) is 0 Å². The predicted molar refractivity (Wildman–Crippen MR) is 138 cm³/mol. The van der Waals surface area contributed by atoms with E-state index in [0.717, 1.165) is 44.4 Å². The number of hydrogen-bond acceptors (Lipinski definition) is 10. The minimum Gasteiger partial charge on any atom is -0.460 e. The fraction of sp³-hybridized carbons (Fsp3) is 0.500. The zero-order valence-electron chi connectivity index (χ0n) is 21.2. The van der Waals surface area contributed by atoms with Crippen molar-refractivity contribution >= 4 is 23.5 Å². The predicted octanol–water partition coefficient (Wildman–Crippen LogP) is 3.17. The normalized spacial score (nSPS) is 17.0. The highest BCUT2D eigenvalue weighted by Crippen LogP contribution is 2.26. The molecule has 0 radical (unpaired) electrons. The number of rotatable bonds is 13. The van der Waals surface area contributed by atoms with E-state index in [2.05, 4.69) is 15.1 Å². The van der Waals surface area contributed by atoms with Gasteiger partial charge >= 0.3 is 5.97 Å². The van der Waals surface area contributed by atoms with Crippen molar-refractivity contribution in [2.75, 3.05) is 37.8 Å². The lowest BCUT2D eigenvalue weighted by atomic mass is 10.1. The second-order valence-corrected chi connectivity index (χ2v) is 9.13. The lowest BCUT2D eigenvalue weighted by molar-refractivity contribution is -0.163. The molecule has 2 aliphatic rings. The van der Waals surface area contributed by atoms with E-state index >= 15 is 0 Å². The van der Waals surface area contributed by atoms with E-state index in [9.17, 15) is 9.18 Å². The summed E-state index contributed by atoms with van der Waals surface area (Å²) in [4.78, 5) is 27.7. The number of aromatic nitrogens is 2. The minimum absolute atomic E-state index is 0.0535. The van der Waals surface area contributed by atoms with Gasteiger partial charge in [0, 0.05) is 42.3 Å². The standard InChI is InChI=1S/C26H33FN6O5/c27-25-18(17-37-23(34)12-22(28)29)6-5-7-21(25)19-13-30-26(31-14-19)33-15-20(16-33)32-38-11-4-3-10-36-24-8-1-2-9-35-24/h5-7,13-14,24H,1-4,8-12,15-17H2,(H3,28,29). The first-order valence-electron chi connectivity index (χ1n) is 12.7. The SMILES string of the molecule is N=C(N)CC(=O)OCc1cccc(-c2cnc(N3CC(=NOCCCCOC4CCCCO4)C3)nc2)c1F. The second kappa shape index (κ2) is 13.8. The van der Waals surface area contributed by atoms with Crippen molar-refractivity contribution in [2.45, 2.75) is 51.4 Å². The molecule has 204 valence electrons. The van der Waals surface area contributed by atoms with E-state index in [0.29, 0.717) is 43.4 Å². The lowest BCUT2D eigenvalue weighted by Crippen LogP contribution is -2.48. The number of nitrogens with two attached hydrogens (primary N) is 1. The molecule has 38 heavy (non-hydrogen) atoms. The van der Waals surface area contributed by atoms with Crippen molar-refractivity contribution in [1.82, 2.24) is 9.97 Å². The van der Waals surface area contributed by atoms with Crippen LogP contribution in [0.4, 0.5) is 10.3 Å². The number of nitrogens with one attached hydrogen (secondary N) is 1. The van der Waals surface area contributed by atoms with E-state index in [4.69, 9.17) is 30.2 Å². The molecule has 1 unspecified atom stereocenters. The molecule has 2 aliphatic heterocycles. The number of hydrogen-bond donors (Lipinski definition) is 2. The van der Waals surface area contributed by atoms with Crippen LogP contribution in [0, 0.1) is 11.2 Å². The van der Waals surface area contributed by atoms with Gasteiger partial charge in [0.25, 0.3) is 0 Å². The fourth-order valence-electron chi connectivity index (χ4n) is 3.96. The number of amidine groups is 1. The van der Waals surface area contributed by atoms with Crippen molar-refractivity contribution in [3.05, 3.63) is 42.0 Å². The van der Waals surface area contributed by atoms with Gasteiger partial charge in [0.2, 0.25) is 5.95 Å². The third-order valence-electron chi connectivity index (χ3n) is 6.05. The lowest BCUT2D eigenvalue weighted by Gasteiger charge is -2.31. The summed E-state index contributed by atoms with van der Waals surface area (Å²) in [6, 6.07) is 4.80. The molecule has 0 aliphatic carbocycles. The molecule has 1 aromatic heterocycles. The number of carbonyl (C=O) groups is 1. The zero-order chi connectivity index (χ0) is 26.7. The first-order valence-corrected chi connectivity index (χ1v) is 12.7. The highest BCUT2D eigenvalue weighted by atomic mass is 19.1. The second-order valence-electron chi connectivity index (χ2n) is 9.13. The maximum Gasteiger partial charge on any atom is 0.313 e. The molecule has 12 heteroatoms. The van der Waals surface area contributed by atoms with E-state index in [-0.39, 0.29) is 30.7 Å². The minimum atomic E-state index is -0.687. The average Bonchev–Trinajstić information content (AvgIpc) is 2.89. The summed E-state index contributed by atoms with van der Waals surface area (Å²) >= 11 is 0. The van der Waals surface area contributed by atoms with Crippen molar-refractivity contribution in [1.29, 1.82) is 5.41 Å². The van der Waals surface area contributed by atoms with Gasteiger partial charge in [-0.1, -0.05) is 23.4 Å². The van der Waals surface area contributed by atoms with Gasteiger partial charge < -0.3 is 29.7 Å². The third kappa shape index (κ3) is 7.93. The monoisotopic (exact) mass is 528 g/mol. The van der Waals surface area contributed by atoms with Crippen LogP contribution in [0.5, 0.6) is 0 Å². The first-order chi connectivity index (χ1) is 18.5. The van der Waals surface area contributed by atoms with Crippen LogP contribution >= 0.6 is 0 Å². The molecule has 3 heterocycles. The number of benzene rings is 1. The molecule has 2 aromatic rings. The smallest absolute Gasteiger partial charge is 0.313 e. The molecular formula is C26H33FN6O5. The van der Waals surface area contributed by atoms with Crippen molar-refractivity contribution < 1.29 is 28.2 Å². The molecule has 0 bridgehead atoms. The first kappa shape index (κ1) is 27.4. The molecule has 2 fully saturated rings. The molecule has 1 atom stereocenters. The molecular weight excluding hydrogens is 495 g/mol. The molecule has 0 amide bonds. The average molecular weight is 529 g/mol. The molecule has 0 saturated carbocycles. The van der Waals surface area contributed by atoms with E-state index in [1.165, 1.54) is 6.07 Å². The number of oxime groups is 1. The summed E-state index contributed by atoms with van der Waals surface area (Å²) in [5, 5.41) is 11.3. The largest absolute Gasteiger partial charge is 0.460 e. The van der Waals surface area contributed by atoms with Gasteiger partial charge in [0.1, 0.15) is 31.3 Å². The molecule has 2 saturated heterocycles. The van der Waals surface area contributed by atoms with E-state index < -0.39 is 11.8 Å². The Labute approximate surface area is 220 Å². The number of anilines is 1. The highest BCUT2D eigenvalue weighted by molar-refractivity contribution is 5.98. The van der Waals surface area contributed by atoms with Gasteiger partial charge in [-0.25, -0.2) is 14.4 Å². The number of carbonyl (C=O) groups excluding carboxylic acids is 1. The van der Waals surface area contributed by atoms with Crippen LogP contribution in [-0.4, -0.2) is 66.7 Å². The van der Waals surface area contributed by atoms with Crippen LogP contribution in [0.25, 0.3) is 11.1 Å². The van der Waals surface area contributed by atoms with Crippen LogP contribution in [-0.2, 0) is 30.4 Å². The van der Waals surface area contributed by atoms with Crippen molar-refractivity contribution in [3.63, 3.8) is 0 Å². The molecule has 1 aromatic carbocycles. The summed E-state index contributed by atoms with van der Waals surface area (Å²) < 4.78 is 31.2. The van der Waals surface area contributed by atoms with E-state index in [1.54, 1.807) is 24.5 Å². The molecule has 0 spiro atoms. The highest BCUT2D eigenvalue weighted by Gasteiger charge is 2.25. The van der Waals surface area contributed by atoms with Gasteiger partial charge in [-0.2, -0.15) is 0 Å². The third-order valence-corrected chi connectivity index (χ3v) is 6.05. The Bertz CT molecular complexity index is 1120. The van der Waals surface area contributed by atoms with Gasteiger partial charge in [-0.15, -0.1) is 0 Å². The maximum atomic E-state index is 15.0. The van der Waals surface area contributed by atoms with Crippen molar-refractivity contribution in [3.8, 4) is 11.1 Å². The summed E-state index contributed by atoms with van der Waals surface area (Å²) in [7, 11) is 0. The zero-order valence-corrected chi connectivity index (χ0v) is 21.2. The number of nitrogens with zero attached hydrogens (tertiary/aromatic N) is 4. The Morgan fingerprint density at radius 1 is 1.21 bits per heavy atom. The number of ether oxygens (including phenoxy) is 3. The van der Waals surface area contributed by atoms with Gasteiger partial charge in [0.15, 0.2) is 6.29 Å². The van der Waals surface area contributed by atoms with Gasteiger partial charge in [-0.05, 0) is 32.1 Å². The maximum absolute atomic E-state index is 15.0. The number of unbranched alkanes of at least 4 members (excludes halogenated alkanes) is 1. The van der Waals surface area contributed by atoms with Crippen LogP contribution in [0.1, 0.15) is 44.1 Å².